The standard InChI is InChI=1S/C28H39N3O5S/c1-35-24-19-20-26(27(21-24)36-2)31(37(33,34)25-17-13-10-14-18-25)22-28(32)30-29-23-15-11-8-6-4-3-5-7-9-12-16-23/h10,13-14,17-21H,3-9,11-12,15-16,22H2,1-2H3,(H,30,32). The zero-order chi connectivity index (χ0) is 26.5. The Kier molecular flexibility index (Phi) is 11.3. The maximum absolute atomic E-state index is 13.6. The monoisotopic (exact) mass is 529 g/mol. The van der Waals surface area contributed by atoms with Gasteiger partial charge in [0.1, 0.15) is 18.0 Å². The Bertz CT molecular complexity index is 1120. The van der Waals surface area contributed by atoms with E-state index in [9.17, 15) is 13.2 Å². The summed E-state index contributed by atoms with van der Waals surface area (Å²) in [6.45, 7) is -0.448. The molecule has 1 saturated carbocycles. The maximum Gasteiger partial charge on any atom is 0.264 e. The first-order valence-corrected chi connectivity index (χ1v) is 14.5. The molecule has 37 heavy (non-hydrogen) atoms. The lowest BCUT2D eigenvalue weighted by atomic mass is 10.00. The summed E-state index contributed by atoms with van der Waals surface area (Å²) in [5.74, 6) is 0.268. The molecule has 0 saturated heterocycles. The van der Waals surface area contributed by atoms with Gasteiger partial charge in [0.15, 0.2) is 0 Å². The molecule has 1 aliphatic rings. The van der Waals surface area contributed by atoms with Crippen molar-refractivity contribution in [2.24, 2.45) is 5.10 Å². The second-order valence-electron chi connectivity index (χ2n) is 9.26. The van der Waals surface area contributed by atoms with Gasteiger partial charge in [-0.05, 0) is 49.9 Å². The average Bonchev–Trinajstić information content (AvgIpc) is 2.91. The van der Waals surface area contributed by atoms with E-state index in [1.165, 1.54) is 58.5 Å². The number of sulfonamides is 1. The zero-order valence-corrected chi connectivity index (χ0v) is 22.8. The molecule has 0 aromatic heterocycles. The lowest BCUT2D eigenvalue weighted by Gasteiger charge is -2.25. The van der Waals surface area contributed by atoms with Gasteiger partial charge in [-0.3, -0.25) is 9.10 Å². The molecule has 8 nitrogen and oxygen atoms in total. The molecule has 1 fully saturated rings. The topological polar surface area (TPSA) is 97.3 Å². The van der Waals surface area contributed by atoms with Crippen LogP contribution in [0.3, 0.4) is 0 Å². The fraction of sp³-hybridized carbons (Fsp3) is 0.500. The van der Waals surface area contributed by atoms with Crippen LogP contribution >= 0.6 is 0 Å². The first kappa shape index (κ1) is 28.5. The van der Waals surface area contributed by atoms with E-state index in [0.717, 1.165) is 48.5 Å². The van der Waals surface area contributed by atoms with E-state index >= 15 is 0 Å². The molecule has 1 N–H and O–H groups in total. The molecule has 1 amide bonds. The van der Waals surface area contributed by atoms with Crippen molar-refractivity contribution in [2.75, 3.05) is 25.1 Å². The van der Waals surface area contributed by atoms with Crippen molar-refractivity contribution in [1.29, 1.82) is 0 Å². The van der Waals surface area contributed by atoms with Gasteiger partial charge >= 0.3 is 0 Å². The number of nitrogens with one attached hydrogen (secondary N) is 1. The third kappa shape index (κ3) is 8.49. The molecule has 0 radical (unpaired) electrons. The number of hydrogen-bond donors (Lipinski definition) is 1. The second kappa shape index (κ2) is 14.6. The maximum atomic E-state index is 13.6. The number of amides is 1. The van der Waals surface area contributed by atoms with Crippen LogP contribution in [0.1, 0.15) is 70.6 Å². The lowest BCUT2D eigenvalue weighted by Crippen LogP contribution is -2.40. The van der Waals surface area contributed by atoms with E-state index in [0.29, 0.717) is 5.75 Å². The molecular formula is C28H39N3O5S. The molecule has 0 atom stereocenters. The van der Waals surface area contributed by atoms with E-state index in [1.54, 1.807) is 36.4 Å². The summed E-state index contributed by atoms with van der Waals surface area (Å²) in [5.41, 5.74) is 3.83. The highest BCUT2D eigenvalue weighted by Gasteiger charge is 2.29. The minimum absolute atomic E-state index is 0.0753. The van der Waals surface area contributed by atoms with Crippen LogP contribution in [-0.2, 0) is 14.8 Å². The number of hydrazone groups is 1. The fourth-order valence-corrected chi connectivity index (χ4v) is 5.90. The number of nitrogens with zero attached hydrogens (tertiary/aromatic N) is 2. The largest absolute Gasteiger partial charge is 0.497 e. The predicted molar refractivity (Wildman–Crippen MR) is 147 cm³/mol. The van der Waals surface area contributed by atoms with Crippen molar-refractivity contribution in [2.45, 2.75) is 75.5 Å². The average molecular weight is 530 g/mol. The molecule has 0 unspecified atom stereocenters. The highest BCUT2D eigenvalue weighted by atomic mass is 32.2. The van der Waals surface area contributed by atoms with Gasteiger partial charge in [0.25, 0.3) is 15.9 Å². The number of benzene rings is 2. The van der Waals surface area contributed by atoms with Gasteiger partial charge in [-0.1, -0.05) is 63.1 Å². The molecule has 0 heterocycles. The van der Waals surface area contributed by atoms with E-state index in [-0.39, 0.29) is 16.3 Å². The van der Waals surface area contributed by atoms with Gasteiger partial charge in [-0.25, -0.2) is 13.8 Å². The molecule has 0 spiro atoms. The molecule has 3 rings (SSSR count). The van der Waals surface area contributed by atoms with E-state index < -0.39 is 22.5 Å². The molecule has 2 aromatic carbocycles. The number of ether oxygens (including phenoxy) is 2. The van der Waals surface area contributed by atoms with Crippen LogP contribution in [0.4, 0.5) is 5.69 Å². The zero-order valence-electron chi connectivity index (χ0n) is 21.9. The van der Waals surface area contributed by atoms with Gasteiger partial charge in [-0.2, -0.15) is 5.10 Å². The highest BCUT2D eigenvalue weighted by Crippen LogP contribution is 2.35. The SMILES string of the molecule is COc1ccc(N(CC(=O)NN=C2CCCCCCCCCCC2)S(=O)(=O)c2ccccc2)c(OC)c1. The molecular weight excluding hydrogens is 490 g/mol. The Morgan fingerprint density at radius 1 is 0.865 bits per heavy atom. The first-order valence-electron chi connectivity index (χ1n) is 13.1. The predicted octanol–water partition coefficient (Wildman–Crippen LogP) is 5.68. The molecule has 0 bridgehead atoms. The van der Waals surface area contributed by atoms with Gasteiger partial charge in [0.2, 0.25) is 0 Å². The molecule has 202 valence electrons. The quantitative estimate of drug-likeness (QED) is 0.444. The van der Waals surface area contributed by atoms with Gasteiger partial charge < -0.3 is 9.47 Å². The van der Waals surface area contributed by atoms with Crippen LogP contribution in [0.2, 0.25) is 0 Å². The van der Waals surface area contributed by atoms with E-state index in [4.69, 9.17) is 9.47 Å². The van der Waals surface area contributed by atoms with Crippen molar-refractivity contribution in [3.05, 3.63) is 48.5 Å². The smallest absolute Gasteiger partial charge is 0.264 e. The summed E-state index contributed by atoms with van der Waals surface area (Å²) in [4.78, 5) is 13.1. The fourth-order valence-electron chi connectivity index (χ4n) is 4.45. The number of methoxy groups -OCH3 is 2. The second-order valence-corrected chi connectivity index (χ2v) is 11.1. The number of carbonyl (C=O) groups is 1. The minimum atomic E-state index is -4.07. The van der Waals surface area contributed by atoms with Gasteiger partial charge in [-0.15, -0.1) is 0 Å². The Morgan fingerprint density at radius 3 is 2.03 bits per heavy atom. The van der Waals surface area contributed by atoms with Crippen molar-refractivity contribution in [3.63, 3.8) is 0 Å². The number of hydrogen-bond acceptors (Lipinski definition) is 6. The molecule has 9 heteroatoms. The summed E-state index contributed by atoms with van der Waals surface area (Å²) in [6, 6.07) is 12.8. The summed E-state index contributed by atoms with van der Waals surface area (Å²) >= 11 is 0. The van der Waals surface area contributed by atoms with Crippen LogP contribution in [0.5, 0.6) is 11.5 Å². The number of rotatable bonds is 8. The number of carbonyl (C=O) groups excluding carboxylic acids is 1. The molecule has 2 aromatic rings. The third-order valence-corrected chi connectivity index (χ3v) is 8.32. The van der Waals surface area contributed by atoms with Crippen molar-refractivity contribution in [3.8, 4) is 11.5 Å². The van der Waals surface area contributed by atoms with Crippen molar-refractivity contribution >= 4 is 27.3 Å². The Labute approximate surface area is 221 Å². The summed E-state index contributed by atoms with van der Waals surface area (Å²) in [6.07, 6.45) is 12.5. The normalized spacial score (nSPS) is 15.6. The first-order chi connectivity index (χ1) is 18.0. The van der Waals surface area contributed by atoms with E-state index in [1.807, 2.05) is 0 Å². The van der Waals surface area contributed by atoms with Crippen molar-refractivity contribution < 1.29 is 22.7 Å². The van der Waals surface area contributed by atoms with Crippen LogP contribution in [-0.4, -0.2) is 40.8 Å². The van der Waals surface area contributed by atoms with Crippen LogP contribution in [0.25, 0.3) is 0 Å². The van der Waals surface area contributed by atoms with Gasteiger partial charge in [0.05, 0.1) is 24.8 Å². The van der Waals surface area contributed by atoms with Gasteiger partial charge in [0, 0.05) is 11.8 Å². The summed E-state index contributed by atoms with van der Waals surface area (Å²) in [7, 11) is -1.11. The Morgan fingerprint density at radius 2 is 1.46 bits per heavy atom. The lowest BCUT2D eigenvalue weighted by molar-refractivity contribution is -0.119. The number of anilines is 1. The molecule has 1 aliphatic carbocycles. The van der Waals surface area contributed by atoms with Crippen LogP contribution in [0, 0.1) is 0 Å². The Hall–Kier alpha value is -3.07. The summed E-state index contributed by atoms with van der Waals surface area (Å²) in [5, 5.41) is 4.43. The third-order valence-electron chi connectivity index (χ3n) is 6.54. The van der Waals surface area contributed by atoms with Crippen molar-refractivity contribution in [1.82, 2.24) is 5.43 Å². The van der Waals surface area contributed by atoms with Crippen LogP contribution < -0.4 is 19.2 Å². The summed E-state index contributed by atoms with van der Waals surface area (Å²) < 4.78 is 39.0. The molecule has 0 aliphatic heterocycles. The Balaban J connectivity index is 1.83. The highest BCUT2D eigenvalue weighted by molar-refractivity contribution is 7.92. The van der Waals surface area contributed by atoms with E-state index in [2.05, 4.69) is 10.5 Å². The minimum Gasteiger partial charge on any atom is -0.497 e. The van der Waals surface area contributed by atoms with Crippen LogP contribution in [0.15, 0.2) is 58.5 Å².